The Bertz CT molecular complexity index is 1510. The predicted molar refractivity (Wildman–Crippen MR) is 149 cm³/mol. The topological polar surface area (TPSA) is 38.4 Å². The van der Waals surface area contributed by atoms with Gasteiger partial charge in [0, 0.05) is 5.70 Å². The first-order valence-electron chi connectivity index (χ1n) is 11.9. The van der Waals surface area contributed by atoms with E-state index in [1.54, 1.807) is 0 Å². The maximum Gasteiger partial charge on any atom is 0.0671 e. The fourth-order valence-corrected chi connectivity index (χ4v) is 4.31. The van der Waals surface area contributed by atoms with Crippen LogP contribution >= 0.6 is 0 Å². The molecule has 2 nitrogen and oxygen atoms in total. The molecule has 35 heavy (non-hydrogen) atoms. The Kier molecular flexibility index (Phi) is 6.54. The van der Waals surface area contributed by atoms with Crippen LogP contribution in [0.2, 0.25) is 0 Å². The molecule has 5 rings (SSSR count). The van der Waals surface area contributed by atoms with Crippen molar-refractivity contribution in [1.82, 2.24) is 0 Å². The van der Waals surface area contributed by atoms with Gasteiger partial charge in [-0.05, 0) is 63.2 Å². The molecule has 0 aliphatic rings. The van der Waals surface area contributed by atoms with Gasteiger partial charge in [0.25, 0.3) is 0 Å². The molecular formula is C33H28N2. The van der Waals surface area contributed by atoms with Crippen molar-refractivity contribution in [1.29, 1.82) is 0 Å². The fourth-order valence-electron chi connectivity index (χ4n) is 4.31. The molecule has 5 aromatic rings. The zero-order valence-corrected chi connectivity index (χ0v) is 19.9. The summed E-state index contributed by atoms with van der Waals surface area (Å²) in [7, 11) is 0. The molecule has 0 aliphatic carbocycles. The molecule has 0 heterocycles. The van der Waals surface area contributed by atoms with Gasteiger partial charge in [0.15, 0.2) is 0 Å². The maximum atomic E-state index is 6.50. The van der Waals surface area contributed by atoms with Gasteiger partial charge >= 0.3 is 0 Å². The molecule has 0 saturated carbocycles. The molecule has 5 aromatic carbocycles. The van der Waals surface area contributed by atoms with Crippen molar-refractivity contribution in [2.75, 3.05) is 0 Å². The molecule has 0 atom stereocenters. The summed E-state index contributed by atoms with van der Waals surface area (Å²) in [6.07, 6.45) is 1.99. The number of allylic oxidation sites excluding steroid dienone is 1. The highest BCUT2D eigenvalue weighted by atomic mass is 14.7. The number of nitrogens with zero attached hydrogens (tertiary/aromatic N) is 1. The normalized spacial score (nSPS) is 12.1. The summed E-state index contributed by atoms with van der Waals surface area (Å²) in [6, 6.07) is 42.0. The van der Waals surface area contributed by atoms with Gasteiger partial charge in [-0.25, -0.2) is 0 Å². The third-order valence-corrected chi connectivity index (χ3v) is 6.28. The third-order valence-electron chi connectivity index (χ3n) is 6.28. The Hall–Kier alpha value is -4.43. The monoisotopic (exact) mass is 452 g/mol. The van der Waals surface area contributed by atoms with Crippen molar-refractivity contribution in [3.8, 4) is 11.1 Å². The molecule has 0 aromatic heterocycles. The van der Waals surface area contributed by atoms with Crippen LogP contribution in [0, 0.1) is 6.92 Å². The van der Waals surface area contributed by atoms with Gasteiger partial charge in [-0.2, -0.15) is 0 Å². The van der Waals surface area contributed by atoms with E-state index in [2.05, 4.69) is 97.9 Å². The lowest BCUT2D eigenvalue weighted by Gasteiger charge is -2.10. The van der Waals surface area contributed by atoms with Gasteiger partial charge in [0.1, 0.15) is 0 Å². The number of nitrogens with two attached hydrogens (primary N) is 1. The first-order valence-corrected chi connectivity index (χ1v) is 11.9. The highest BCUT2D eigenvalue weighted by Gasteiger charge is 2.07. The number of fused-ring (bicyclic) bond motifs is 1. The van der Waals surface area contributed by atoms with Gasteiger partial charge in [0.05, 0.1) is 12.3 Å². The van der Waals surface area contributed by atoms with E-state index in [4.69, 9.17) is 10.7 Å². The van der Waals surface area contributed by atoms with Crippen molar-refractivity contribution >= 4 is 22.2 Å². The highest BCUT2D eigenvalue weighted by molar-refractivity contribution is 6.12. The maximum absolute atomic E-state index is 6.50. The summed E-state index contributed by atoms with van der Waals surface area (Å²) in [4.78, 5) is 5.02. The van der Waals surface area contributed by atoms with E-state index < -0.39 is 0 Å². The molecule has 0 spiro atoms. The first-order chi connectivity index (χ1) is 17.2. The lowest BCUT2D eigenvalue weighted by Crippen LogP contribution is -2.04. The Balaban J connectivity index is 1.50. The van der Waals surface area contributed by atoms with Crippen molar-refractivity contribution in [2.24, 2.45) is 10.7 Å². The number of hydrogen-bond donors (Lipinski definition) is 1. The van der Waals surface area contributed by atoms with Crippen molar-refractivity contribution in [2.45, 2.75) is 13.5 Å². The quantitative estimate of drug-likeness (QED) is 0.262. The molecule has 0 unspecified atom stereocenters. The van der Waals surface area contributed by atoms with Gasteiger partial charge in [-0.3, -0.25) is 4.99 Å². The number of rotatable bonds is 6. The fraction of sp³-hybridized carbons (Fsp3) is 0.0606. The van der Waals surface area contributed by atoms with Crippen LogP contribution in [0.4, 0.5) is 0 Å². The lowest BCUT2D eigenvalue weighted by molar-refractivity contribution is 1.07. The van der Waals surface area contributed by atoms with Crippen LogP contribution in [0.1, 0.15) is 22.3 Å². The van der Waals surface area contributed by atoms with Crippen LogP contribution in [0.3, 0.4) is 0 Å². The molecule has 0 aliphatic heterocycles. The van der Waals surface area contributed by atoms with Crippen LogP contribution in [-0.4, -0.2) is 5.71 Å². The molecule has 2 heteroatoms. The second kappa shape index (κ2) is 10.2. The molecule has 0 radical (unpaired) electrons. The van der Waals surface area contributed by atoms with Crippen molar-refractivity contribution in [3.63, 3.8) is 0 Å². The minimum atomic E-state index is 0.582. The predicted octanol–water partition coefficient (Wildman–Crippen LogP) is 7.80. The SMILES string of the molecule is Cc1ccccc1-c1ccc(C(/C=C(\N)c2ccccc2)=NCc2ccc3ccccc3c2)cc1. The highest BCUT2D eigenvalue weighted by Crippen LogP contribution is 2.24. The van der Waals surface area contributed by atoms with E-state index in [9.17, 15) is 0 Å². The Morgan fingerprint density at radius 3 is 2.14 bits per heavy atom. The van der Waals surface area contributed by atoms with Gasteiger partial charge in [-0.1, -0.05) is 115 Å². The van der Waals surface area contributed by atoms with E-state index in [-0.39, 0.29) is 0 Å². The summed E-state index contributed by atoms with van der Waals surface area (Å²) in [5, 5.41) is 2.46. The molecule has 170 valence electrons. The molecular weight excluding hydrogens is 424 g/mol. The number of aliphatic imine (C=N–C) groups is 1. The molecule has 2 N–H and O–H groups in total. The van der Waals surface area contributed by atoms with Crippen molar-refractivity contribution < 1.29 is 0 Å². The number of hydrogen-bond acceptors (Lipinski definition) is 2. The van der Waals surface area contributed by atoms with E-state index in [0.717, 1.165) is 16.8 Å². The first kappa shape index (κ1) is 22.4. The molecule has 0 saturated heterocycles. The number of aryl methyl sites for hydroxylation is 1. The van der Waals surface area contributed by atoms with Gasteiger partial charge in [-0.15, -0.1) is 0 Å². The minimum absolute atomic E-state index is 0.582. The van der Waals surface area contributed by atoms with Crippen LogP contribution in [-0.2, 0) is 6.54 Å². The Labute approximate surface area is 207 Å². The summed E-state index contributed by atoms with van der Waals surface area (Å²) < 4.78 is 0. The molecule has 0 amide bonds. The summed E-state index contributed by atoms with van der Waals surface area (Å²) >= 11 is 0. The smallest absolute Gasteiger partial charge is 0.0671 e. The van der Waals surface area contributed by atoms with Crippen LogP contribution < -0.4 is 5.73 Å². The summed E-state index contributed by atoms with van der Waals surface area (Å²) in [5.41, 5.74) is 15.0. The largest absolute Gasteiger partial charge is 0.398 e. The van der Waals surface area contributed by atoms with E-state index in [1.165, 1.54) is 33.0 Å². The van der Waals surface area contributed by atoms with E-state index >= 15 is 0 Å². The van der Waals surface area contributed by atoms with Crippen LogP contribution in [0.25, 0.3) is 27.6 Å². The van der Waals surface area contributed by atoms with E-state index in [1.807, 2.05) is 36.4 Å². The summed E-state index contributed by atoms with van der Waals surface area (Å²) in [6.45, 7) is 2.72. The minimum Gasteiger partial charge on any atom is -0.398 e. The zero-order valence-electron chi connectivity index (χ0n) is 19.9. The second-order valence-corrected chi connectivity index (χ2v) is 8.74. The van der Waals surface area contributed by atoms with Crippen molar-refractivity contribution in [3.05, 3.63) is 150 Å². The molecule has 0 fully saturated rings. The molecule has 0 bridgehead atoms. The van der Waals surface area contributed by atoms with Crippen LogP contribution in [0.15, 0.2) is 132 Å². The average molecular weight is 453 g/mol. The standard InChI is InChI=1S/C33H28N2/c1-24-9-5-8-14-31(24)27-17-19-29(20-18-27)33(22-32(34)28-11-3-2-4-12-28)35-23-25-15-16-26-10-6-7-13-30(26)21-25/h2-22H,23,34H2,1H3/b32-22-,35-33?. The third kappa shape index (κ3) is 5.23. The van der Waals surface area contributed by atoms with Gasteiger partial charge in [0.2, 0.25) is 0 Å². The van der Waals surface area contributed by atoms with Gasteiger partial charge < -0.3 is 5.73 Å². The number of benzene rings is 5. The average Bonchev–Trinajstić information content (AvgIpc) is 2.92. The Morgan fingerprint density at radius 1 is 0.686 bits per heavy atom. The van der Waals surface area contributed by atoms with Crippen LogP contribution in [0.5, 0.6) is 0 Å². The van der Waals surface area contributed by atoms with E-state index in [0.29, 0.717) is 12.2 Å². The zero-order chi connectivity index (χ0) is 24.0. The summed E-state index contributed by atoms with van der Waals surface area (Å²) in [5.74, 6) is 0. The second-order valence-electron chi connectivity index (χ2n) is 8.74. The lowest BCUT2D eigenvalue weighted by atomic mass is 9.98. The Morgan fingerprint density at radius 2 is 1.37 bits per heavy atom.